The van der Waals surface area contributed by atoms with Gasteiger partial charge in [0.25, 0.3) is 0 Å². The quantitative estimate of drug-likeness (QED) is 0.0128. The second-order valence-electron chi connectivity index (χ2n) is 22.6. The van der Waals surface area contributed by atoms with Crippen molar-refractivity contribution in [2.75, 3.05) is 13.1 Å². The Labute approximate surface area is 518 Å². The highest BCUT2D eigenvalue weighted by Crippen LogP contribution is 2.24. The number of guanidine groups is 1. The number of fused-ring (bicyclic) bond motifs is 1. The molecule has 30 nitrogen and oxygen atoms in total. The van der Waals surface area contributed by atoms with Crippen LogP contribution in [0, 0.1) is 5.92 Å². The molecule has 0 saturated carbocycles. The number of nitrogens with two attached hydrogens (primary N) is 5. The minimum absolute atomic E-state index is 0.0264. The van der Waals surface area contributed by atoms with Gasteiger partial charge in [0.2, 0.25) is 59.1 Å². The number of H-pyrrole nitrogens is 1. The van der Waals surface area contributed by atoms with Gasteiger partial charge in [-0.15, -0.1) is 0 Å². The van der Waals surface area contributed by atoms with E-state index in [9.17, 15) is 58.8 Å². The van der Waals surface area contributed by atoms with Gasteiger partial charge in [-0.1, -0.05) is 56.3 Å². The molecule has 10 amide bonds. The van der Waals surface area contributed by atoms with Crippen molar-refractivity contribution in [3.8, 4) is 11.5 Å². The molecule has 1 aliphatic rings. The van der Waals surface area contributed by atoms with E-state index in [4.69, 9.17) is 28.7 Å². The Bertz CT molecular complexity index is 3210. The number of carbonyl (C=O) groups is 11. The lowest BCUT2D eigenvalue weighted by Crippen LogP contribution is -2.61. The zero-order chi connectivity index (χ0) is 66.4. The number of nitrogens with zero attached hydrogens (tertiary/aromatic N) is 2. The number of amides is 10. The summed E-state index contributed by atoms with van der Waals surface area (Å²) in [7, 11) is 0. The largest absolute Gasteiger partial charge is 0.508 e. The number of primary amides is 2. The Morgan fingerprint density at radius 3 is 1.64 bits per heavy atom. The number of aliphatic hydroxyl groups excluding tert-OH is 1. The van der Waals surface area contributed by atoms with Crippen LogP contribution in [0.15, 0.2) is 84.0 Å². The third kappa shape index (κ3) is 22.1. The summed E-state index contributed by atoms with van der Waals surface area (Å²) in [6, 6.07) is 5.25. The van der Waals surface area contributed by atoms with Crippen molar-refractivity contribution in [2.24, 2.45) is 39.6 Å². The van der Waals surface area contributed by atoms with Gasteiger partial charge in [-0.2, -0.15) is 0 Å². The van der Waals surface area contributed by atoms with E-state index in [1.807, 2.05) is 0 Å². The zero-order valence-electron chi connectivity index (χ0n) is 50.3. The van der Waals surface area contributed by atoms with E-state index >= 15 is 14.4 Å². The first-order valence-electron chi connectivity index (χ1n) is 29.4. The van der Waals surface area contributed by atoms with E-state index in [1.54, 1.807) is 44.3 Å². The van der Waals surface area contributed by atoms with Crippen LogP contribution in [0.25, 0.3) is 10.9 Å². The van der Waals surface area contributed by atoms with E-state index in [2.05, 4.69) is 47.2 Å². The molecule has 488 valence electrons. The van der Waals surface area contributed by atoms with Crippen molar-refractivity contribution < 1.29 is 73.2 Å². The number of aromatic hydroxyl groups is 2. The van der Waals surface area contributed by atoms with Crippen molar-refractivity contribution in [3.63, 3.8) is 0 Å². The zero-order valence-corrected chi connectivity index (χ0v) is 50.3. The maximum Gasteiger partial charge on any atom is 0.328 e. The molecule has 5 rings (SSSR count). The number of likely N-dealkylation sites (tertiary alicyclic amines) is 1. The first-order chi connectivity index (χ1) is 42.6. The summed E-state index contributed by atoms with van der Waals surface area (Å²) in [5, 5.41) is 59.1. The van der Waals surface area contributed by atoms with Gasteiger partial charge in [0.05, 0.1) is 12.1 Å². The number of rotatable bonds is 35. The molecule has 3 aromatic carbocycles. The van der Waals surface area contributed by atoms with Crippen LogP contribution < -0.4 is 65.9 Å². The first-order valence-corrected chi connectivity index (χ1v) is 29.4. The molecule has 22 N–H and O–H groups in total. The lowest BCUT2D eigenvalue weighted by Gasteiger charge is -2.31. The number of carboxylic acid groups (broad SMARTS) is 1. The van der Waals surface area contributed by atoms with Gasteiger partial charge >= 0.3 is 5.97 Å². The van der Waals surface area contributed by atoms with Crippen LogP contribution in [0.5, 0.6) is 11.5 Å². The third-order valence-corrected chi connectivity index (χ3v) is 14.9. The predicted octanol–water partition coefficient (Wildman–Crippen LogP) is -2.59. The van der Waals surface area contributed by atoms with Crippen molar-refractivity contribution in [1.29, 1.82) is 0 Å². The Morgan fingerprint density at radius 2 is 1.11 bits per heavy atom. The Balaban J connectivity index is 1.51. The Morgan fingerprint density at radius 1 is 0.611 bits per heavy atom. The van der Waals surface area contributed by atoms with E-state index in [-0.39, 0.29) is 101 Å². The summed E-state index contributed by atoms with van der Waals surface area (Å²) in [4.78, 5) is 159. The molecule has 30 heteroatoms. The number of phenolic OH excluding ortho intramolecular Hbond substituents is 2. The average Bonchev–Trinajstić information content (AvgIpc) is 1.84. The Hall–Kier alpha value is -9.84. The van der Waals surface area contributed by atoms with Gasteiger partial charge in [-0.05, 0) is 105 Å². The monoisotopic (exact) mass is 1250 g/mol. The van der Waals surface area contributed by atoms with E-state index in [1.165, 1.54) is 60.4 Å². The molecule has 0 spiro atoms. The van der Waals surface area contributed by atoms with E-state index in [0.29, 0.717) is 34.0 Å². The van der Waals surface area contributed by atoms with Crippen molar-refractivity contribution >= 4 is 81.9 Å². The molecule has 0 radical (unpaired) electrons. The molecule has 2 heterocycles. The average molecular weight is 1250 g/mol. The summed E-state index contributed by atoms with van der Waals surface area (Å²) in [6.45, 7) is 4.72. The van der Waals surface area contributed by atoms with Crippen molar-refractivity contribution in [2.45, 2.75) is 158 Å². The third-order valence-electron chi connectivity index (χ3n) is 14.9. The summed E-state index contributed by atoms with van der Waals surface area (Å²) in [6.07, 6.45) is -1.48. The normalized spacial score (nSPS) is 15.9. The first kappa shape index (κ1) is 70.9. The molecule has 0 unspecified atom stereocenters. The number of para-hydroxylation sites is 1. The number of benzene rings is 3. The second-order valence-corrected chi connectivity index (χ2v) is 22.6. The summed E-state index contributed by atoms with van der Waals surface area (Å²) in [5.74, 6) is -10.9. The lowest BCUT2D eigenvalue weighted by molar-refractivity contribution is -0.145. The van der Waals surface area contributed by atoms with Gasteiger partial charge in [0.1, 0.15) is 53.8 Å². The SMILES string of the molecule is CC(C)C[C@H](NC(=O)[C@@H]1CCCN1C(=O)[C@H](Cc1c[nH]c2ccccc12)NC(=O)[C@H](Cc1ccc(O)cc1)NC(=O)[C@H](Cc1ccc(O)cc1)NC(=O)[C@H](CCCN=C(N)N)NC(=O)[C@H](CCC(N)=O)NC(=O)[C@@H](N)CCC(N)=O)C(=O)N[C@H](C(=O)O)[C@@H](C)O. The van der Waals surface area contributed by atoms with Crippen LogP contribution in [0.3, 0.4) is 0 Å². The number of aliphatic imine (C=N–C) groups is 1. The maximum atomic E-state index is 15.2. The highest BCUT2D eigenvalue weighted by molar-refractivity contribution is 5.99. The molecule has 0 bridgehead atoms. The fourth-order valence-corrected chi connectivity index (χ4v) is 10.1. The number of aromatic amines is 1. The summed E-state index contributed by atoms with van der Waals surface area (Å²) in [5.41, 5.74) is 29.8. The molecule has 1 saturated heterocycles. The van der Waals surface area contributed by atoms with Crippen LogP contribution in [0.1, 0.15) is 95.2 Å². The molecule has 90 heavy (non-hydrogen) atoms. The van der Waals surface area contributed by atoms with Crippen LogP contribution in [0.2, 0.25) is 0 Å². The van der Waals surface area contributed by atoms with Gasteiger partial charge in [0.15, 0.2) is 12.0 Å². The molecule has 10 atom stereocenters. The summed E-state index contributed by atoms with van der Waals surface area (Å²) >= 11 is 0. The fourth-order valence-electron chi connectivity index (χ4n) is 10.1. The Kier molecular flexibility index (Phi) is 26.8. The number of carbonyl (C=O) groups excluding carboxylic acids is 10. The molecular weight excluding hydrogens is 1170 g/mol. The predicted molar refractivity (Wildman–Crippen MR) is 327 cm³/mol. The van der Waals surface area contributed by atoms with Crippen LogP contribution >= 0.6 is 0 Å². The number of hydrogen-bond acceptors (Lipinski definition) is 16. The van der Waals surface area contributed by atoms with Crippen molar-refractivity contribution in [3.05, 3.63) is 95.7 Å². The van der Waals surface area contributed by atoms with Crippen LogP contribution in [-0.2, 0) is 72.0 Å². The molecule has 0 aliphatic carbocycles. The van der Waals surface area contributed by atoms with Gasteiger partial charge in [0, 0.05) is 62.3 Å². The van der Waals surface area contributed by atoms with Crippen LogP contribution in [-0.4, -0.2) is 175 Å². The minimum Gasteiger partial charge on any atom is -0.508 e. The number of aliphatic hydroxyl groups is 1. The van der Waals surface area contributed by atoms with Gasteiger partial charge in [-0.25, -0.2) is 4.79 Å². The van der Waals surface area contributed by atoms with E-state index in [0.717, 1.165) is 0 Å². The minimum atomic E-state index is -1.70. The highest BCUT2D eigenvalue weighted by atomic mass is 16.4. The number of hydrogen-bond donors (Lipinski definition) is 17. The molecule has 1 aliphatic heterocycles. The standard InChI is InChI=1S/C60H83N15O15/c1-31(2)26-43(56(86)74-50(32(3)76)59(89)90)72-57(87)47-11-7-25-75(47)58(88)46(29-35-30-67-40-9-5-4-8-38(35)40)73-55(85)45(28-34-14-18-37(78)19-15-34)71-54(84)44(27-33-12-16-36(77)17-13-33)70-52(82)41(10-6-24-66-60(64)65)69-53(83)42(21-23-49(63)80)68-51(81)39(61)20-22-48(62)79/h4-5,8-9,12-19,30-32,39,41-47,50,67,76-78H,6-7,10-11,20-29,61H2,1-3H3,(H2,62,79)(H2,63,80)(H,68,81)(H,69,83)(H,70,82)(H,71,84)(H,72,87)(H,73,85)(H,74,86)(H,89,90)(H4,64,65,66)/t32-,39+,41+,42+,43+,44+,45+,46+,47+,50+/m1/s1. The molecular formula is C60H83N15O15. The molecule has 1 fully saturated rings. The molecule has 4 aromatic rings. The smallest absolute Gasteiger partial charge is 0.328 e. The number of carboxylic acids is 1. The lowest BCUT2D eigenvalue weighted by atomic mass is 9.99. The van der Waals surface area contributed by atoms with Crippen LogP contribution in [0.4, 0.5) is 0 Å². The number of phenols is 2. The van der Waals surface area contributed by atoms with Gasteiger partial charge in [-0.3, -0.25) is 52.9 Å². The maximum absolute atomic E-state index is 15.2. The number of aromatic nitrogens is 1. The van der Waals surface area contributed by atoms with Crippen molar-refractivity contribution in [1.82, 2.24) is 47.1 Å². The number of nitrogens with one attached hydrogen (secondary N) is 8. The topological polar surface area (TPSA) is 514 Å². The van der Waals surface area contributed by atoms with E-state index < -0.39 is 132 Å². The number of aliphatic carboxylic acids is 1. The highest BCUT2D eigenvalue weighted by Gasteiger charge is 2.41. The van der Waals surface area contributed by atoms with Gasteiger partial charge < -0.3 is 96.2 Å². The fraction of sp³-hybridized carbons (Fsp3) is 0.467. The molecule has 1 aromatic heterocycles. The second kappa shape index (κ2) is 34.1. The summed E-state index contributed by atoms with van der Waals surface area (Å²) < 4.78 is 0.